The van der Waals surface area contributed by atoms with Gasteiger partial charge < -0.3 is 10.3 Å². The summed E-state index contributed by atoms with van der Waals surface area (Å²) >= 11 is 0. The molecule has 5 heteroatoms. The van der Waals surface area contributed by atoms with Crippen LogP contribution in [-0.2, 0) is 6.42 Å². The van der Waals surface area contributed by atoms with Gasteiger partial charge in [0.15, 0.2) is 6.19 Å². The monoisotopic (exact) mass is 275 g/mol. The molecule has 1 unspecified atom stereocenters. The van der Waals surface area contributed by atoms with E-state index in [1.165, 1.54) is 11.1 Å². The van der Waals surface area contributed by atoms with E-state index in [1.807, 2.05) is 12.3 Å². The van der Waals surface area contributed by atoms with Crippen molar-refractivity contribution in [1.29, 1.82) is 5.26 Å². The minimum absolute atomic E-state index is 0.119. The summed E-state index contributed by atoms with van der Waals surface area (Å²) in [6.07, 6.45) is 7.48. The Morgan fingerprint density at radius 2 is 2.24 bits per heavy atom. The number of aromatic nitrogens is 3. The van der Waals surface area contributed by atoms with Crippen molar-refractivity contribution in [2.75, 3.05) is 0 Å². The highest BCUT2D eigenvalue weighted by Gasteiger charge is 2.23. The van der Waals surface area contributed by atoms with Gasteiger partial charge in [0.1, 0.15) is 12.0 Å². The summed E-state index contributed by atoms with van der Waals surface area (Å²) in [7, 11) is 0. The second-order valence-electron chi connectivity index (χ2n) is 5.22. The van der Waals surface area contributed by atoms with E-state index >= 15 is 0 Å². The van der Waals surface area contributed by atoms with Crippen LogP contribution in [0.3, 0.4) is 0 Å². The molecule has 2 aromatic heterocycles. The van der Waals surface area contributed by atoms with Crippen LogP contribution in [-0.4, -0.2) is 15.0 Å². The summed E-state index contributed by atoms with van der Waals surface area (Å²) in [4.78, 5) is 11.8. The first-order valence-corrected chi connectivity index (χ1v) is 6.93. The molecule has 1 aliphatic rings. The molecule has 0 spiro atoms. The largest absolute Gasteiger partial charge is 0.346 e. The Balaban J connectivity index is 1.86. The molecular formula is C16H13N5. The zero-order chi connectivity index (χ0) is 14.2. The smallest absolute Gasteiger partial charge is 0.177 e. The molecule has 0 aliphatic heterocycles. The number of nitriles is 1. The first-order chi connectivity index (χ1) is 10.4. The van der Waals surface area contributed by atoms with Crippen LogP contribution in [0.25, 0.3) is 22.3 Å². The van der Waals surface area contributed by atoms with E-state index in [-0.39, 0.29) is 6.04 Å². The number of aryl methyl sites for hydroxylation is 1. The van der Waals surface area contributed by atoms with Gasteiger partial charge >= 0.3 is 0 Å². The van der Waals surface area contributed by atoms with Gasteiger partial charge in [-0.15, -0.1) is 0 Å². The van der Waals surface area contributed by atoms with Crippen LogP contribution < -0.4 is 5.32 Å². The van der Waals surface area contributed by atoms with Crippen LogP contribution in [0.4, 0.5) is 0 Å². The van der Waals surface area contributed by atoms with Gasteiger partial charge in [0.2, 0.25) is 0 Å². The third-order valence-corrected chi connectivity index (χ3v) is 4.09. The topological polar surface area (TPSA) is 77.4 Å². The predicted molar refractivity (Wildman–Crippen MR) is 79.1 cm³/mol. The van der Waals surface area contributed by atoms with Crippen LogP contribution in [0.1, 0.15) is 23.6 Å². The molecule has 0 saturated carbocycles. The Morgan fingerprint density at radius 3 is 3.14 bits per heavy atom. The van der Waals surface area contributed by atoms with Gasteiger partial charge in [-0.1, -0.05) is 12.1 Å². The van der Waals surface area contributed by atoms with Crippen molar-refractivity contribution >= 4 is 11.0 Å². The zero-order valence-electron chi connectivity index (χ0n) is 11.3. The maximum absolute atomic E-state index is 8.87. The van der Waals surface area contributed by atoms with E-state index in [0.29, 0.717) is 0 Å². The van der Waals surface area contributed by atoms with Gasteiger partial charge in [0, 0.05) is 17.1 Å². The highest BCUT2D eigenvalue weighted by Crippen LogP contribution is 2.35. The molecule has 102 valence electrons. The molecule has 1 aromatic carbocycles. The summed E-state index contributed by atoms with van der Waals surface area (Å²) in [5.74, 6) is 0. The summed E-state index contributed by atoms with van der Waals surface area (Å²) in [6.45, 7) is 0. The van der Waals surface area contributed by atoms with Crippen molar-refractivity contribution in [3.8, 4) is 17.5 Å². The lowest BCUT2D eigenvalue weighted by Crippen LogP contribution is -2.12. The second kappa shape index (κ2) is 4.60. The van der Waals surface area contributed by atoms with E-state index in [9.17, 15) is 0 Å². The lowest BCUT2D eigenvalue weighted by Gasteiger charge is -2.11. The third kappa shape index (κ3) is 1.84. The Bertz CT molecular complexity index is 858. The fourth-order valence-corrected chi connectivity index (χ4v) is 3.08. The fourth-order valence-electron chi connectivity index (χ4n) is 3.08. The highest BCUT2D eigenvalue weighted by atomic mass is 14.9. The number of hydrogen-bond donors (Lipinski definition) is 2. The van der Waals surface area contributed by atoms with E-state index in [4.69, 9.17) is 5.26 Å². The Kier molecular flexibility index (Phi) is 2.61. The average Bonchev–Trinajstić information content (AvgIpc) is 3.14. The van der Waals surface area contributed by atoms with Crippen LogP contribution in [0.2, 0.25) is 0 Å². The van der Waals surface area contributed by atoms with Crippen LogP contribution in [0.15, 0.2) is 36.8 Å². The highest BCUT2D eigenvalue weighted by molar-refractivity contribution is 5.90. The molecular weight excluding hydrogens is 262 g/mol. The minimum atomic E-state index is 0.119. The Hall–Kier alpha value is -2.87. The maximum Gasteiger partial charge on any atom is 0.177 e. The van der Waals surface area contributed by atoms with Gasteiger partial charge in [0.25, 0.3) is 0 Å². The molecule has 0 amide bonds. The van der Waals surface area contributed by atoms with Crippen LogP contribution in [0, 0.1) is 11.5 Å². The average molecular weight is 275 g/mol. The number of nitrogens with one attached hydrogen (secondary N) is 2. The normalized spacial score (nSPS) is 16.6. The summed E-state index contributed by atoms with van der Waals surface area (Å²) in [5, 5.41) is 12.8. The summed E-state index contributed by atoms with van der Waals surface area (Å²) in [6, 6.07) is 8.50. The number of rotatable bonds is 2. The quantitative estimate of drug-likeness (QED) is 0.557. The lowest BCUT2D eigenvalue weighted by atomic mass is 10.0. The molecule has 0 saturated heterocycles. The number of nitrogens with zero attached hydrogens (tertiary/aromatic N) is 3. The zero-order valence-corrected chi connectivity index (χ0v) is 11.3. The van der Waals surface area contributed by atoms with E-state index in [1.54, 1.807) is 6.33 Å². The molecule has 4 rings (SSSR count). The van der Waals surface area contributed by atoms with Crippen molar-refractivity contribution < 1.29 is 0 Å². The molecule has 5 nitrogen and oxygen atoms in total. The van der Waals surface area contributed by atoms with Crippen molar-refractivity contribution in [2.45, 2.75) is 18.9 Å². The van der Waals surface area contributed by atoms with Gasteiger partial charge in [-0.3, -0.25) is 0 Å². The van der Waals surface area contributed by atoms with E-state index < -0.39 is 0 Å². The van der Waals surface area contributed by atoms with Gasteiger partial charge in [-0.25, -0.2) is 9.97 Å². The van der Waals surface area contributed by atoms with Crippen molar-refractivity contribution in [1.82, 2.24) is 20.3 Å². The van der Waals surface area contributed by atoms with E-state index in [2.05, 4.69) is 44.7 Å². The van der Waals surface area contributed by atoms with Crippen LogP contribution >= 0.6 is 0 Å². The molecule has 3 aromatic rings. The number of aromatic amines is 1. The first-order valence-electron chi connectivity index (χ1n) is 6.93. The molecule has 2 N–H and O–H groups in total. The van der Waals surface area contributed by atoms with Crippen molar-refractivity contribution in [2.24, 2.45) is 0 Å². The minimum Gasteiger partial charge on any atom is -0.346 e. The standard InChI is InChI=1S/C16H13N5/c17-8-19-14-4-3-10-1-2-11(7-13(10)14)15-12-5-6-18-16(12)21-9-20-15/h1-2,5-7,9,14,19H,3-4H2,(H,18,20,21). The van der Waals surface area contributed by atoms with Gasteiger partial charge in [-0.2, -0.15) is 5.26 Å². The Labute approximate surface area is 121 Å². The SMILES string of the molecule is N#CNC1CCc2ccc(-c3ncnc4[nH]ccc34)cc21. The molecule has 1 atom stereocenters. The maximum atomic E-state index is 8.87. The third-order valence-electron chi connectivity index (χ3n) is 4.09. The molecule has 0 radical (unpaired) electrons. The van der Waals surface area contributed by atoms with Crippen molar-refractivity contribution in [3.63, 3.8) is 0 Å². The van der Waals surface area contributed by atoms with Crippen molar-refractivity contribution in [3.05, 3.63) is 47.9 Å². The Morgan fingerprint density at radius 1 is 1.29 bits per heavy atom. The lowest BCUT2D eigenvalue weighted by molar-refractivity contribution is 0.625. The van der Waals surface area contributed by atoms with Gasteiger partial charge in [0.05, 0.1) is 11.7 Å². The van der Waals surface area contributed by atoms with E-state index in [0.717, 1.165) is 35.1 Å². The number of hydrogen-bond acceptors (Lipinski definition) is 4. The molecule has 0 bridgehead atoms. The first kappa shape index (κ1) is 11.9. The second-order valence-corrected chi connectivity index (χ2v) is 5.22. The van der Waals surface area contributed by atoms with Crippen LogP contribution in [0.5, 0.6) is 0 Å². The summed E-state index contributed by atoms with van der Waals surface area (Å²) < 4.78 is 0. The molecule has 2 heterocycles. The number of fused-ring (bicyclic) bond motifs is 2. The molecule has 0 fully saturated rings. The van der Waals surface area contributed by atoms with Gasteiger partial charge in [-0.05, 0) is 36.1 Å². The fraction of sp³-hybridized carbons (Fsp3) is 0.188. The summed E-state index contributed by atoms with van der Waals surface area (Å²) in [5.41, 5.74) is 5.34. The predicted octanol–water partition coefficient (Wildman–Crippen LogP) is 2.68. The molecule has 1 aliphatic carbocycles. The molecule has 21 heavy (non-hydrogen) atoms. The number of H-pyrrole nitrogens is 1. The number of benzene rings is 1.